The van der Waals surface area contributed by atoms with Crippen LogP contribution < -0.4 is 0 Å². The maximum Gasteiger partial charge on any atom is 0.170 e. The Labute approximate surface area is 78.8 Å². The lowest BCUT2D eigenvalue weighted by Gasteiger charge is -2.07. The van der Waals surface area contributed by atoms with E-state index in [0.29, 0.717) is 6.07 Å². The third kappa shape index (κ3) is 1.19. The maximum absolute atomic E-state index is 13.3. The van der Waals surface area contributed by atoms with Crippen molar-refractivity contribution in [3.63, 3.8) is 0 Å². The zero-order valence-corrected chi connectivity index (χ0v) is 7.42. The fourth-order valence-corrected chi connectivity index (χ4v) is 1.51. The molecule has 0 aliphatic rings. The number of rotatable bonds is 1. The molecular formula is C10H8F2O2. The number of halogens is 2. The van der Waals surface area contributed by atoms with Gasteiger partial charge in [-0.15, -0.1) is 0 Å². The molecule has 1 atom stereocenters. The zero-order chi connectivity index (χ0) is 10.3. The molecule has 1 aromatic heterocycles. The van der Waals surface area contributed by atoms with Crippen LogP contribution in [0.2, 0.25) is 0 Å². The van der Waals surface area contributed by atoms with Gasteiger partial charge in [-0.2, -0.15) is 0 Å². The van der Waals surface area contributed by atoms with Crippen LogP contribution in [0.25, 0.3) is 11.0 Å². The molecule has 2 nitrogen and oxygen atoms in total. The fraction of sp³-hybridized carbons (Fsp3) is 0.200. The number of aliphatic hydroxyl groups excluding tert-OH is 1. The lowest BCUT2D eigenvalue weighted by atomic mass is 10.1. The second-order valence-electron chi connectivity index (χ2n) is 3.09. The van der Waals surface area contributed by atoms with Crippen LogP contribution in [0.3, 0.4) is 0 Å². The van der Waals surface area contributed by atoms with E-state index in [1.165, 1.54) is 19.3 Å². The van der Waals surface area contributed by atoms with E-state index in [2.05, 4.69) is 0 Å². The van der Waals surface area contributed by atoms with Gasteiger partial charge in [0.15, 0.2) is 11.4 Å². The smallest absolute Gasteiger partial charge is 0.170 e. The summed E-state index contributed by atoms with van der Waals surface area (Å²) in [5.41, 5.74) is 0.0393. The van der Waals surface area contributed by atoms with Crippen molar-refractivity contribution in [2.24, 2.45) is 0 Å². The number of furan rings is 1. The number of fused-ring (bicyclic) bond motifs is 1. The number of hydrogen-bond acceptors (Lipinski definition) is 2. The van der Waals surface area contributed by atoms with Crippen molar-refractivity contribution in [3.8, 4) is 0 Å². The van der Waals surface area contributed by atoms with Gasteiger partial charge in [-0.25, -0.2) is 8.78 Å². The monoisotopic (exact) mass is 198 g/mol. The van der Waals surface area contributed by atoms with Gasteiger partial charge in [0.25, 0.3) is 0 Å². The van der Waals surface area contributed by atoms with Crippen molar-refractivity contribution < 1.29 is 18.3 Å². The van der Waals surface area contributed by atoms with E-state index >= 15 is 0 Å². The van der Waals surface area contributed by atoms with Gasteiger partial charge in [0.05, 0.1) is 12.4 Å². The molecule has 0 saturated heterocycles. The molecule has 1 N–H and O–H groups in total. The third-order valence-electron chi connectivity index (χ3n) is 2.10. The van der Waals surface area contributed by atoms with Gasteiger partial charge in [-0.3, -0.25) is 0 Å². The van der Waals surface area contributed by atoms with E-state index < -0.39 is 17.7 Å². The van der Waals surface area contributed by atoms with Crippen LogP contribution in [0.1, 0.15) is 18.6 Å². The molecule has 0 spiro atoms. The fourth-order valence-electron chi connectivity index (χ4n) is 1.51. The Balaban J connectivity index is 2.86. The largest absolute Gasteiger partial charge is 0.461 e. The van der Waals surface area contributed by atoms with Crippen molar-refractivity contribution in [2.45, 2.75) is 13.0 Å². The summed E-state index contributed by atoms with van der Waals surface area (Å²) in [6.45, 7) is 1.42. The van der Waals surface area contributed by atoms with Crippen molar-refractivity contribution in [3.05, 3.63) is 35.6 Å². The minimum absolute atomic E-state index is 0.0256. The van der Waals surface area contributed by atoms with Crippen molar-refractivity contribution in [2.75, 3.05) is 0 Å². The summed E-state index contributed by atoms with van der Waals surface area (Å²) in [5, 5.41) is 9.58. The first-order chi connectivity index (χ1) is 6.61. The van der Waals surface area contributed by atoms with Gasteiger partial charge in [0.2, 0.25) is 0 Å². The molecule has 0 aliphatic heterocycles. The Kier molecular flexibility index (Phi) is 2.00. The molecule has 0 amide bonds. The van der Waals surface area contributed by atoms with Crippen molar-refractivity contribution in [1.82, 2.24) is 0 Å². The Hall–Kier alpha value is -1.42. The molecule has 2 rings (SSSR count). The molecule has 0 aliphatic carbocycles. The number of hydrogen-bond donors (Lipinski definition) is 1. The first-order valence-corrected chi connectivity index (χ1v) is 4.14. The van der Waals surface area contributed by atoms with Gasteiger partial charge in [0, 0.05) is 17.0 Å². The molecule has 0 saturated carbocycles. The molecular weight excluding hydrogens is 190 g/mol. The third-order valence-corrected chi connectivity index (χ3v) is 2.10. The summed E-state index contributed by atoms with van der Waals surface area (Å²) >= 11 is 0. The summed E-state index contributed by atoms with van der Waals surface area (Å²) < 4.78 is 31.2. The second kappa shape index (κ2) is 3.06. The van der Waals surface area contributed by atoms with Crippen LogP contribution in [0, 0.1) is 11.6 Å². The Bertz CT molecular complexity index is 474. The van der Waals surface area contributed by atoms with Crippen LogP contribution >= 0.6 is 0 Å². The summed E-state index contributed by atoms with van der Waals surface area (Å²) in [6.07, 6.45) is 0.273. The van der Waals surface area contributed by atoms with Gasteiger partial charge in [-0.1, -0.05) is 0 Å². The molecule has 74 valence electrons. The van der Waals surface area contributed by atoms with Crippen LogP contribution in [0.5, 0.6) is 0 Å². The van der Waals surface area contributed by atoms with E-state index in [0.717, 1.165) is 0 Å². The molecule has 1 aromatic carbocycles. The highest BCUT2D eigenvalue weighted by Gasteiger charge is 2.17. The summed E-state index contributed by atoms with van der Waals surface area (Å²) in [5.74, 6) is -1.52. The van der Waals surface area contributed by atoms with Crippen LogP contribution in [0.15, 0.2) is 22.8 Å². The van der Waals surface area contributed by atoms with Gasteiger partial charge in [-0.05, 0) is 13.0 Å². The number of benzene rings is 1. The van der Waals surface area contributed by atoms with Crippen LogP contribution in [-0.4, -0.2) is 5.11 Å². The number of aliphatic hydroxyl groups is 1. The lowest BCUT2D eigenvalue weighted by molar-refractivity contribution is 0.195. The summed E-state index contributed by atoms with van der Waals surface area (Å²) in [4.78, 5) is 0. The van der Waals surface area contributed by atoms with Crippen LogP contribution in [-0.2, 0) is 0 Å². The topological polar surface area (TPSA) is 33.4 Å². The molecule has 1 unspecified atom stereocenters. The lowest BCUT2D eigenvalue weighted by Crippen LogP contribution is -1.97. The normalized spacial score (nSPS) is 13.4. The predicted octanol–water partition coefficient (Wildman–Crippen LogP) is 2.76. The highest BCUT2D eigenvalue weighted by molar-refractivity contribution is 5.82. The molecule has 0 radical (unpaired) electrons. The quantitative estimate of drug-likeness (QED) is 0.764. The van der Waals surface area contributed by atoms with E-state index in [4.69, 9.17) is 4.42 Å². The average molecular weight is 198 g/mol. The Morgan fingerprint density at radius 3 is 2.71 bits per heavy atom. The summed E-state index contributed by atoms with van der Waals surface area (Å²) in [7, 11) is 0. The highest BCUT2D eigenvalue weighted by Crippen LogP contribution is 2.29. The van der Waals surface area contributed by atoms with E-state index in [1.807, 2.05) is 0 Å². The van der Waals surface area contributed by atoms with Crippen LogP contribution in [0.4, 0.5) is 8.78 Å². The predicted molar refractivity (Wildman–Crippen MR) is 46.8 cm³/mol. The first kappa shape index (κ1) is 9.15. The molecule has 0 bridgehead atoms. The maximum atomic E-state index is 13.3. The Morgan fingerprint density at radius 2 is 2.07 bits per heavy atom. The van der Waals surface area contributed by atoms with Gasteiger partial charge < -0.3 is 9.52 Å². The van der Waals surface area contributed by atoms with Gasteiger partial charge in [0.1, 0.15) is 5.82 Å². The van der Waals surface area contributed by atoms with E-state index in [1.54, 1.807) is 0 Å². The minimum Gasteiger partial charge on any atom is -0.461 e. The zero-order valence-electron chi connectivity index (χ0n) is 7.42. The van der Waals surface area contributed by atoms with Gasteiger partial charge >= 0.3 is 0 Å². The van der Waals surface area contributed by atoms with Crippen molar-refractivity contribution in [1.29, 1.82) is 0 Å². The molecule has 2 aromatic rings. The molecule has 1 heterocycles. The summed E-state index contributed by atoms with van der Waals surface area (Å²) in [6, 6.07) is 2.15. The molecule has 4 heteroatoms. The molecule has 0 fully saturated rings. The Morgan fingerprint density at radius 1 is 1.36 bits per heavy atom. The highest BCUT2D eigenvalue weighted by atomic mass is 19.1. The first-order valence-electron chi connectivity index (χ1n) is 4.14. The van der Waals surface area contributed by atoms with E-state index in [-0.39, 0.29) is 16.5 Å². The average Bonchev–Trinajstić information content (AvgIpc) is 2.51. The second-order valence-corrected chi connectivity index (χ2v) is 3.09. The minimum atomic E-state index is -0.990. The SMILES string of the molecule is CC(O)c1c(F)cc(F)c2occc12. The standard InChI is InChI=1S/C10H8F2O2/c1-5(13)9-6-2-3-14-10(6)8(12)4-7(9)11/h2-5,13H,1H3. The van der Waals surface area contributed by atoms with E-state index in [9.17, 15) is 13.9 Å². The van der Waals surface area contributed by atoms with Crippen molar-refractivity contribution >= 4 is 11.0 Å². The molecule has 14 heavy (non-hydrogen) atoms.